The summed E-state index contributed by atoms with van der Waals surface area (Å²) in [6.45, 7) is 4.80. The number of benzene rings is 1. The van der Waals surface area contributed by atoms with E-state index in [4.69, 9.17) is 0 Å². The van der Waals surface area contributed by atoms with Crippen LogP contribution in [0.25, 0.3) is 0 Å². The predicted octanol–water partition coefficient (Wildman–Crippen LogP) is 2.98. The van der Waals surface area contributed by atoms with E-state index in [0.717, 1.165) is 31.2 Å². The molecule has 0 saturated heterocycles. The third-order valence-electron chi connectivity index (χ3n) is 4.64. The molecule has 1 aliphatic carbocycles. The molecular formula is C17H25NO2. The molecule has 0 bridgehead atoms. The van der Waals surface area contributed by atoms with Gasteiger partial charge in [-0.25, -0.2) is 0 Å². The number of carbonyl (C=O) groups is 1. The van der Waals surface area contributed by atoms with Crippen molar-refractivity contribution in [2.75, 3.05) is 13.2 Å². The van der Waals surface area contributed by atoms with Crippen molar-refractivity contribution in [1.82, 2.24) is 5.32 Å². The van der Waals surface area contributed by atoms with Crippen LogP contribution in [0, 0.1) is 19.3 Å². The number of hydrogen-bond donors (Lipinski definition) is 2. The van der Waals surface area contributed by atoms with Crippen LogP contribution in [0.3, 0.4) is 0 Å². The maximum absolute atomic E-state index is 12.2. The number of amides is 1. The third-order valence-corrected chi connectivity index (χ3v) is 4.64. The lowest BCUT2D eigenvalue weighted by atomic mass is 9.74. The third kappa shape index (κ3) is 3.40. The van der Waals surface area contributed by atoms with E-state index in [1.54, 1.807) is 0 Å². The number of carbonyl (C=O) groups excluding carboxylic acids is 1. The standard InChI is InChI=1S/C17H25NO2/c1-13-6-7-15(10-14(13)2)16(20)18-11-17(12-19)8-4-3-5-9-17/h6-7,10,19H,3-5,8-9,11-12H2,1-2H3,(H,18,20). The molecule has 1 saturated carbocycles. The Morgan fingerprint density at radius 1 is 1.20 bits per heavy atom. The van der Waals surface area contributed by atoms with Crippen LogP contribution in [0.5, 0.6) is 0 Å². The van der Waals surface area contributed by atoms with Crippen molar-refractivity contribution in [2.45, 2.75) is 46.0 Å². The molecule has 2 rings (SSSR count). The Hall–Kier alpha value is -1.35. The second-order valence-electron chi connectivity index (χ2n) is 6.20. The van der Waals surface area contributed by atoms with Crippen molar-refractivity contribution in [3.63, 3.8) is 0 Å². The van der Waals surface area contributed by atoms with Crippen LogP contribution in [0.1, 0.15) is 53.6 Å². The largest absolute Gasteiger partial charge is 0.396 e. The van der Waals surface area contributed by atoms with Gasteiger partial charge in [0.25, 0.3) is 5.91 Å². The summed E-state index contributed by atoms with van der Waals surface area (Å²) in [4.78, 5) is 12.2. The molecule has 2 N–H and O–H groups in total. The minimum atomic E-state index is -0.104. The number of nitrogens with one attached hydrogen (secondary N) is 1. The van der Waals surface area contributed by atoms with E-state index in [1.807, 2.05) is 32.0 Å². The molecular weight excluding hydrogens is 250 g/mol. The molecule has 3 heteroatoms. The fourth-order valence-electron chi connectivity index (χ4n) is 2.95. The first-order valence-corrected chi connectivity index (χ1v) is 7.53. The highest BCUT2D eigenvalue weighted by Crippen LogP contribution is 2.35. The maximum Gasteiger partial charge on any atom is 0.251 e. The number of aliphatic hydroxyl groups is 1. The fraction of sp³-hybridized carbons (Fsp3) is 0.588. The lowest BCUT2D eigenvalue weighted by Gasteiger charge is -2.35. The van der Waals surface area contributed by atoms with Crippen molar-refractivity contribution in [3.05, 3.63) is 34.9 Å². The summed E-state index contributed by atoms with van der Waals surface area (Å²) in [5, 5.41) is 12.7. The molecule has 0 heterocycles. The molecule has 1 aliphatic rings. The summed E-state index contributed by atoms with van der Waals surface area (Å²) in [6.07, 6.45) is 5.57. The molecule has 0 aromatic heterocycles. The van der Waals surface area contributed by atoms with Gasteiger partial charge in [0, 0.05) is 17.5 Å². The molecule has 0 aliphatic heterocycles. The zero-order valence-corrected chi connectivity index (χ0v) is 12.5. The monoisotopic (exact) mass is 275 g/mol. The highest BCUT2D eigenvalue weighted by molar-refractivity contribution is 5.94. The molecule has 1 fully saturated rings. The molecule has 110 valence electrons. The van der Waals surface area contributed by atoms with Gasteiger partial charge in [-0.05, 0) is 49.9 Å². The number of hydrogen-bond acceptors (Lipinski definition) is 2. The molecule has 1 aromatic carbocycles. The molecule has 1 amide bonds. The van der Waals surface area contributed by atoms with E-state index in [1.165, 1.54) is 12.0 Å². The highest BCUT2D eigenvalue weighted by atomic mass is 16.3. The van der Waals surface area contributed by atoms with E-state index in [-0.39, 0.29) is 17.9 Å². The zero-order chi connectivity index (χ0) is 14.6. The van der Waals surface area contributed by atoms with Gasteiger partial charge in [0.05, 0.1) is 6.61 Å². The smallest absolute Gasteiger partial charge is 0.251 e. The molecule has 0 radical (unpaired) electrons. The molecule has 20 heavy (non-hydrogen) atoms. The summed E-state index contributed by atoms with van der Waals surface area (Å²) < 4.78 is 0. The molecule has 3 nitrogen and oxygen atoms in total. The van der Waals surface area contributed by atoms with Crippen LogP contribution < -0.4 is 5.32 Å². The first-order valence-electron chi connectivity index (χ1n) is 7.53. The second kappa shape index (κ2) is 6.40. The van der Waals surface area contributed by atoms with Gasteiger partial charge < -0.3 is 10.4 Å². The molecule has 1 aromatic rings. The topological polar surface area (TPSA) is 49.3 Å². The van der Waals surface area contributed by atoms with Crippen molar-refractivity contribution in [2.24, 2.45) is 5.41 Å². The maximum atomic E-state index is 12.2. The van der Waals surface area contributed by atoms with Gasteiger partial charge in [0.1, 0.15) is 0 Å². The second-order valence-corrected chi connectivity index (χ2v) is 6.20. The van der Waals surface area contributed by atoms with Crippen molar-refractivity contribution in [1.29, 1.82) is 0 Å². The fourth-order valence-corrected chi connectivity index (χ4v) is 2.95. The highest BCUT2D eigenvalue weighted by Gasteiger charge is 2.31. The zero-order valence-electron chi connectivity index (χ0n) is 12.5. The van der Waals surface area contributed by atoms with E-state index < -0.39 is 0 Å². The van der Waals surface area contributed by atoms with Gasteiger partial charge in [0.2, 0.25) is 0 Å². The first kappa shape index (κ1) is 15.0. The van der Waals surface area contributed by atoms with Crippen LogP contribution in [0.15, 0.2) is 18.2 Å². The molecule has 0 unspecified atom stereocenters. The Labute approximate surface area is 121 Å². The summed E-state index contributed by atoms with van der Waals surface area (Å²) in [7, 11) is 0. The number of aryl methyl sites for hydroxylation is 2. The normalized spacial score (nSPS) is 17.8. The van der Waals surface area contributed by atoms with E-state index in [2.05, 4.69) is 5.32 Å². The lowest BCUT2D eigenvalue weighted by Crippen LogP contribution is -2.41. The Kier molecular flexibility index (Phi) is 4.81. The van der Waals surface area contributed by atoms with Gasteiger partial charge in [-0.1, -0.05) is 25.3 Å². The lowest BCUT2D eigenvalue weighted by molar-refractivity contribution is 0.0718. The van der Waals surface area contributed by atoms with Crippen LogP contribution in [0.2, 0.25) is 0 Å². The number of rotatable bonds is 4. The minimum absolute atomic E-state index is 0.0356. The Morgan fingerprint density at radius 2 is 1.90 bits per heavy atom. The quantitative estimate of drug-likeness (QED) is 0.887. The van der Waals surface area contributed by atoms with Crippen LogP contribution in [-0.2, 0) is 0 Å². The van der Waals surface area contributed by atoms with Crippen molar-refractivity contribution < 1.29 is 9.90 Å². The van der Waals surface area contributed by atoms with Gasteiger partial charge in [-0.3, -0.25) is 4.79 Å². The summed E-state index contributed by atoms with van der Waals surface area (Å²) in [6, 6.07) is 5.77. The Morgan fingerprint density at radius 3 is 2.50 bits per heavy atom. The van der Waals surface area contributed by atoms with Gasteiger partial charge >= 0.3 is 0 Å². The predicted molar refractivity (Wildman–Crippen MR) is 80.9 cm³/mol. The summed E-state index contributed by atoms with van der Waals surface area (Å²) >= 11 is 0. The average molecular weight is 275 g/mol. The van der Waals surface area contributed by atoms with E-state index in [9.17, 15) is 9.90 Å². The van der Waals surface area contributed by atoms with Crippen molar-refractivity contribution in [3.8, 4) is 0 Å². The minimum Gasteiger partial charge on any atom is -0.396 e. The SMILES string of the molecule is Cc1ccc(C(=O)NCC2(CO)CCCCC2)cc1C. The molecule has 0 atom stereocenters. The first-order chi connectivity index (χ1) is 9.56. The average Bonchev–Trinajstić information content (AvgIpc) is 2.48. The van der Waals surface area contributed by atoms with Gasteiger partial charge in [-0.15, -0.1) is 0 Å². The van der Waals surface area contributed by atoms with Crippen LogP contribution in [-0.4, -0.2) is 24.2 Å². The van der Waals surface area contributed by atoms with E-state index in [0.29, 0.717) is 12.1 Å². The Balaban J connectivity index is 1.98. The summed E-state index contributed by atoms with van der Waals surface area (Å²) in [5.41, 5.74) is 2.93. The van der Waals surface area contributed by atoms with E-state index >= 15 is 0 Å². The van der Waals surface area contributed by atoms with Crippen LogP contribution >= 0.6 is 0 Å². The summed E-state index contributed by atoms with van der Waals surface area (Å²) in [5.74, 6) is -0.0356. The Bertz CT molecular complexity index is 476. The van der Waals surface area contributed by atoms with Crippen molar-refractivity contribution >= 4 is 5.91 Å². The number of aliphatic hydroxyl groups excluding tert-OH is 1. The van der Waals surface area contributed by atoms with Crippen LogP contribution in [0.4, 0.5) is 0 Å². The van der Waals surface area contributed by atoms with Gasteiger partial charge in [-0.2, -0.15) is 0 Å². The molecule has 0 spiro atoms. The van der Waals surface area contributed by atoms with Gasteiger partial charge in [0.15, 0.2) is 0 Å².